The molecule has 2 aromatic carbocycles. The molecule has 1 aliphatic rings. The highest BCUT2D eigenvalue weighted by molar-refractivity contribution is 7.89. The summed E-state index contributed by atoms with van der Waals surface area (Å²) in [6, 6.07) is 18.4. The van der Waals surface area contributed by atoms with Crippen molar-refractivity contribution < 1.29 is 8.42 Å². The Labute approximate surface area is 238 Å². The van der Waals surface area contributed by atoms with Crippen LogP contribution in [0.2, 0.25) is 0 Å². The second kappa shape index (κ2) is 13.0. The van der Waals surface area contributed by atoms with E-state index >= 15 is 0 Å². The van der Waals surface area contributed by atoms with Gasteiger partial charge in [-0.05, 0) is 31.4 Å². The molecule has 5 rings (SSSR count). The molecule has 0 bridgehead atoms. The third kappa shape index (κ3) is 7.00. The minimum Gasteiger partial charge on any atom is -0.354 e. The number of hydrogen-bond acceptors (Lipinski definition) is 10. The number of anilines is 3. The summed E-state index contributed by atoms with van der Waals surface area (Å²) in [6.45, 7) is 5.85. The maximum Gasteiger partial charge on any atom is 0.240 e. The average Bonchev–Trinajstić information content (AvgIpc) is 3.66. The fourth-order valence-corrected chi connectivity index (χ4v) is 6.33. The molecule has 3 heterocycles. The van der Waals surface area contributed by atoms with Gasteiger partial charge >= 0.3 is 0 Å². The molecule has 12 heteroatoms. The Morgan fingerprint density at radius 3 is 2.45 bits per heavy atom. The molecule has 0 spiro atoms. The molecule has 3 N–H and O–H groups in total. The van der Waals surface area contributed by atoms with Gasteiger partial charge in [-0.25, -0.2) is 18.1 Å². The second-order valence-electron chi connectivity index (χ2n) is 9.30. The van der Waals surface area contributed by atoms with Crippen molar-refractivity contribution in [1.82, 2.24) is 24.7 Å². The molecule has 0 amide bonds. The number of rotatable bonds is 13. The van der Waals surface area contributed by atoms with Gasteiger partial charge in [0.1, 0.15) is 5.01 Å². The number of nitrogens with one attached hydrogen (secondary N) is 3. The first kappa shape index (κ1) is 27.7. The van der Waals surface area contributed by atoms with E-state index in [4.69, 9.17) is 9.97 Å². The monoisotopic (exact) mass is 576 g/mol. The second-order valence-corrected chi connectivity index (χ2v) is 11.9. The van der Waals surface area contributed by atoms with E-state index < -0.39 is 10.0 Å². The van der Waals surface area contributed by atoms with Crippen molar-refractivity contribution in [1.29, 1.82) is 0 Å². The maximum atomic E-state index is 12.8. The minimum absolute atomic E-state index is 0.0817. The van der Waals surface area contributed by atoms with Gasteiger partial charge in [0.05, 0.1) is 17.1 Å². The summed E-state index contributed by atoms with van der Waals surface area (Å²) in [7, 11) is -3.61. The van der Waals surface area contributed by atoms with Crippen LogP contribution in [-0.4, -0.2) is 54.0 Å². The molecular weight excluding hydrogens is 544 g/mol. The van der Waals surface area contributed by atoms with Crippen LogP contribution in [0.25, 0.3) is 10.6 Å². The lowest BCUT2D eigenvalue weighted by atomic mass is 10.2. The van der Waals surface area contributed by atoms with E-state index in [2.05, 4.69) is 36.8 Å². The van der Waals surface area contributed by atoms with Crippen LogP contribution >= 0.6 is 11.3 Å². The summed E-state index contributed by atoms with van der Waals surface area (Å²) in [5.74, 6) is 1.38. The molecule has 4 aromatic rings. The molecule has 0 radical (unpaired) electrons. The summed E-state index contributed by atoms with van der Waals surface area (Å²) in [5.41, 5.74) is 1.97. The predicted octanol–water partition coefficient (Wildman–Crippen LogP) is 4.54. The Balaban J connectivity index is 1.31. The molecule has 0 saturated carbocycles. The Morgan fingerprint density at radius 1 is 0.975 bits per heavy atom. The van der Waals surface area contributed by atoms with Gasteiger partial charge in [-0.15, -0.1) is 17.9 Å². The van der Waals surface area contributed by atoms with Crippen LogP contribution in [0.4, 0.5) is 17.8 Å². The number of nitrogens with zero attached hydrogens (tertiary/aromatic N) is 5. The SMILES string of the molecule is C=CCCNc1nc(NCc2csc(-c3ccccc3)n2)nc(N2CCC[C@@H]2CNS(=O)(=O)c2ccccc2)n1. The largest absolute Gasteiger partial charge is 0.354 e. The Kier molecular flexibility index (Phi) is 8.99. The van der Waals surface area contributed by atoms with Crippen molar-refractivity contribution in [3.05, 3.63) is 84.4 Å². The highest BCUT2D eigenvalue weighted by atomic mass is 32.2. The highest BCUT2D eigenvalue weighted by Crippen LogP contribution is 2.26. The van der Waals surface area contributed by atoms with Crippen LogP contribution in [0.1, 0.15) is 25.0 Å². The van der Waals surface area contributed by atoms with E-state index in [1.165, 1.54) is 0 Å². The fourth-order valence-electron chi connectivity index (χ4n) is 4.41. The van der Waals surface area contributed by atoms with Crippen molar-refractivity contribution in [3.63, 3.8) is 0 Å². The standard InChI is InChI=1S/C28H32N8O2S2/c1-2-3-16-29-26-33-27(30-18-22-20-39-25(32-22)21-11-6-4-7-12-21)35-28(34-26)36-17-10-13-23(36)19-31-40(37,38)24-14-8-5-9-15-24/h2,4-9,11-12,14-15,20,23,31H,1,3,10,13,16-19H2,(H2,29,30,33,34,35)/t23-/m1/s1. The van der Waals surface area contributed by atoms with Crippen molar-refractivity contribution in [2.75, 3.05) is 35.2 Å². The van der Waals surface area contributed by atoms with Gasteiger partial charge in [-0.2, -0.15) is 15.0 Å². The molecule has 1 atom stereocenters. The number of thiazole rings is 1. The molecule has 1 saturated heterocycles. The summed E-state index contributed by atoms with van der Waals surface area (Å²) in [6.07, 6.45) is 4.33. The van der Waals surface area contributed by atoms with Gasteiger partial charge in [0.15, 0.2) is 0 Å². The molecule has 0 aliphatic carbocycles. The lowest BCUT2D eigenvalue weighted by Crippen LogP contribution is -2.41. The van der Waals surface area contributed by atoms with Crippen molar-refractivity contribution in [3.8, 4) is 10.6 Å². The van der Waals surface area contributed by atoms with Gasteiger partial charge in [0.2, 0.25) is 27.9 Å². The third-order valence-electron chi connectivity index (χ3n) is 6.45. The number of benzene rings is 2. The predicted molar refractivity (Wildman–Crippen MR) is 160 cm³/mol. The topological polar surface area (TPSA) is 125 Å². The van der Waals surface area contributed by atoms with Crippen molar-refractivity contribution in [2.24, 2.45) is 0 Å². The van der Waals surface area contributed by atoms with Gasteiger partial charge in [0, 0.05) is 36.6 Å². The normalized spacial score (nSPS) is 15.2. The molecule has 10 nitrogen and oxygen atoms in total. The first-order valence-corrected chi connectivity index (χ1v) is 15.5. The van der Waals surface area contributed by atoms with E-state index in [0.29, 0.717) is 30.9 Å². The van der Waals surface area contributed by atoms with Gasteiger partial charge < -0.3 is 15.5 Å². The smallest absolute Gasteiger partial charge is 0.240 e. The molecule has 2 aromatic heterocycles. The minimum atomic E-state index is -3.61. The third-order valence-corrected chi connectivity index (χ3v) is 8.83. The van der Waals surface area contributed by atoms with Crippen molar-refractivity contribution >= 4 is 39.2 Å². The average molecular weight is 577 g/mol. The first-order chi connectivity index (χ1) is 19.5. The van der Waals surface area contributed by atoms with Crippen LogP contribution in [0.5, 0.6) is 0 Å². The zero-order valence-corrected chi connectivity index (χ0v) is 23.7. The van der Waals surface area contributed by atoms with Crippen LogP contribution < -0.4 is 20.3 Å². The van der Waals surface area contributed by atoms with Crippen LogP contribution in [0.3, 0.4) is 0 Å². The molecule has 40 heavy (non-hydrogen) atoms. The van der Waals surface area contributed by atoms with Crippen LogP contribution in [0.15, 0.2) is 83.6 Å². The van der Waals surface area contributed by atoms with Gasteiger partial charge in [0.25, 0.3) is 0 Å². The van der Waals surface area contributed by atoms with Crippen LogP contribution in [0, 0.1) is 0 Å². The molecular formula is C28H32N8O2S2. The lowest BCUT2D eigenvalue weighted by molar-refractivity contribution is 0.565. The zero-order chi connectivity index (χ0) is 27.8. The first-order valence-electron chi connectivity index (χ1n) is 13.2. The van der Waals surface area contributed by atoms with E-state index in [0.717, 1.165) is 42.1 Å². The number of hydrogen-bond donors (Lipinski definition) is 3. The zero-order valence-electron chi connectivity index (χ0n) is 22.0. The Morgan fingerprint density at radius 2 is 1.70 bits per heavy atom. The summed E-state index contributed by atoms with van der Waals surface area (Å²) < 4.78 is 28.4. The van der Waals surface area contributed by atoms with Crippen molar-refractivity contribution in [2.45, 2.75) is 36.7 Å². The molecule has 0 unspecified atom stereocenters. The van der Waals surface area contributed by atoms with E-state index in [1.807, 2.05) is 41.8 Å². The summed E-state index contributed by atoms with van der Waals surface area (Å²) >= 11 is 1.59. The molecule has 208 valence electrons. The Bertz CT molecular complexity index is 1510. The lowest BCUT2D eigenvalue weighted by Gasteiger charge is -2.25. The number of sulfonamides is 1. The van der Waals surface area contributed by atoms with Crippen LogP contribution in [-0.2, 0) is 16.6 Å². The van der Waals surface area contributed by atoms with E-state index in [-0.39, 0.29) is 17.5 Å². The van der Waals surface area contributed by atoms with Gasteiger partial charge in [-0.1, -0.05) is 54.6 Å². The summed E-state index contributed by atoms with van der Waals surface area (Å²) in [5, 5.41) is 9.52. The van der Waals surface area contributed by atoms with Gasteiger partial charge in [-0.3, -0.25) is 0 Å². The fraction of sp³-hybridized carbons (Fsp3) is 0.286. The number of aromatic nitrogens is 4. The molecule has 1 aliphatic heterocycles. The quantitative estimate of drug-likeness (QED) is 0.155. The van der Waals surface area contributed by atoms with E-state index in [9.17, 15) is 8.42 Å². The highest BCUT2D eigenvalue weighted by Gasteiger charge is 2.29. The summed E-state index contributed by atoms with van der Waals surface area (Å²) in [4.78, 5) is 21.0. The molecule has 1 fully saturated rings. The maximum absolute atomic E-state index is 12.8. The Hall–Kier alpha value is -3.87. The van der Waals surface area contributed by atoms with E-state index in [1.54, 1.807) is 41.7 Å².